The summed E-state index contributed by atoms with van der Waals surface area (Å²) < 4.78 is 8.02. The fraction of sp³-hybridized carbons (Fsp3) is 0.250. The summed E-state index contributed by atoms with van der Waals surface area (Å²) in [7, 11) is 2.04. The molecule has 0 saturated carbocycles. The Morgan fingerprint density at radius 3 is 3.00 bits per heavy atom. The number of ether oxygens (including phenoxy) is 1. The molecule has 0 spiro atoms. The zero-order chi connectivity index (χ0) is 18.4. The van der Waals surface area contributed by atoms with Crippen molar-refractivity contribution >= 4 is 28.5 Å². The number of aromatic amines is 1. The van der Waals surface area contributed by atoms with Gasteiger partial charge in [-0.05, 0) is 23.8 Å². The minimum atomic E-state index is -0.104. The summed E-state index contributed by atoms with van der Waals surface area (Å²) in [6, 6.07) is 8.38. The minimum Gasteiger partial charge on any atom is -0.370 e. The van der Waals surface area contributed by atoms with Gasteiger partial charge in [-0.1, -0.05) is 6.07 Å². The predicted molar refractivity (Wildman–Crippen MR) is 102 cm³/mol. The highest BCUT2D eigenvalue weighted by Crippen LogP contribution is 2.34. The molecular formula is C20H19N5O2. The molecule has 3 aromatic heterocycles. The van der Waals surface area contributed by atoms with Gasteiger partial charge in [-0.25, -0.2) is 4.98 Å². The number of fused-ring (bicyclic) bond motifs is 2. The summed E-state index contributed by atoms with van der Waals surface area (Å²) in [5.41, 5.74) is 5.91. The van der Waals surface area contributed by atoms with Gasteiger partial charge < -0.3 is 19.2 Å². The second kappa shape index (κ2) is 6.21. The van der Waals surface area contributed by atoms with E-state index in [-0.39, 0.29) is 6.10 Å². The van der Waals surface area contributed by atoms with Crippen molar-refractivity contribution in [3.05, 3.63) is 48.4 Å². The van der Waals surface area contributed by atoms with E-state index in [4.69, 9.17) is 4.74 Å². The van der Waals surface area contributed by atoms with Crippen molar-refractivity contribution in [1.29, 1.82) is 0 Å². The molecule has 0 bridgehead atoms. The molecule has 136 valence electrons. The lowest BCUT2D eigenvalue weighted by Gasteiger charge is -2.30. The summed E-state index contributed by atoms with van der Waals surface area (Å²) in [6.45, 7) is 1.79. The zero-order valence-electron chi connectivity index (χ0n) is 14.9. The van der Waals surface area contributed by atoms with E-state index in [0.717, 1.165) is 45.3 Å². The molecule has 1 aliphatic heterocycles. The molecule has 1 unspecified atom stereocenters. The highest BCUT2D eigenvalue weighted by molar-refractivity contribution is 5.97. The maximum Gasteiger partial charge on any atom is 0.209 e. The summed E-state index contributed by atoms with van der Waals surface area (Å²) >= 11 is 0. The third-order valence-corrected chi connectivity index (χ3v) is 5.18. The van der Waals surface area contributed by atoms with Crippen LogP contribution >= 0.6 is 0 Å². The second-order valence-electron chi connectivity index (χ2n) is 6.86. The maximum atomic E-state index is 11.1. The van der Waals surface area contributed by atoms with Crippen LogP contribution in [0.3, 0.4) is 0 Å². The van der Waals surface area contributed by atoms with Crippen molar-refractivity contribution < 1.29 is 9.53 Å². The van der Waals surface area contributed by atoms with Gasteiger partial charge in [-0.15, -0.1) is 0 Å². The van der Waals surface area contributed by atoms with Gasteiger partial charge in [0, 0.05) is 48.6 Å². The first kappa shape index (κ1) is 16.0. The molecule has 7 nitrogen and oxygen atoms in total. The average Bonchev–Trinajstić information content (AvgIpc) is 3.29. The monoisotopic (exact) mass is 361 g/mol. The van der Waals surface area contributed by atoms with E-state index in [9.17, 15) is 4.79 Å². The molecule has 1 aliphatic rings. The highest BCUT2D eigenvalue weighted by atomic mass is 16.5. The molecule has 4 heterocycles. The molecule has 1 aromatic carbocycles. The van der Waals surface area contributed by atoms with Crippen LogP contribution in [0.25, 0.3) is 33.3 Å². The smallest absolute Gasteiger partial charge is 0.209 e. The molecule has 1 amide bonds. The SMILES string of the molecule is Cn1cc(-c2cc3nccnc3[nH]2)c2cc(C3CN(C=O)CCO3)ccc21. The summed E-state index contributed by atoms with van der Waals surface area (Å²) in [4.78, 5) is 25.0. The first-order chi connectivity index (χ1) is 13.2. The van der Waals surface area contributed by atoms with Crippen LogP contribution in [0.5, 0.6) is 0 Å². The van der Waals surface area contributed by atoms with Crippen molar-refractivity contribution in [3.63, 3.8) is 0 Å². The molecule has 1 fully saturated rings. The number of carbonyl (C=O) groups is 1. The number of rotatable bonds is 3. The predicted octanol–water partition coefficient (Wildman–Crippen LogP) is 2.65. The van der Waals surface area contributed by atoms with Crippen LogP contribution in [0.4, 0.5) is 0 Å². The molecule has 1 N–H and O–H groups in total. The topological polar surface area (TPSA) is 76.0 Å². The van der Waals surface area contributed by atoms with E-state index in [0.29, 0.717) is 19.7 Å². The Bertz CT molecular complexity index is 1110. The quantitative estimate of drug-likeness (QED) is 0.569. The van der Waals surface area contributed by atoms with Gasteiger partial charge in [-0.3, -0.25) is 9.78 Å². The molecule has 1 saturated heterocycles. The molecule has 5 rings (SSSR count). The van der Waals surface area contributed by atoms with Gasteiger partial charge in [0.15, 0.2) is 5.65 Å². The lowest BCUT2D eigenvalue weighted by molar-refractivity contribution is -0.125. The fourth-order valence-corrected chi connectivity index (χ4v) is 3.79. The van der Waals surface area contributed by atoms with E-state index in [1.807, 2.05) is 13.1 Å². The van der Waals surface area contributed by atoms with Crippen LogP contribution in [0.1, 0.15) is 11.7 Å². The largest absolute Gasteiger partial charge is 0.370 e. The number of aryl methyl sites for hydroxylation is 1. The Hall–Kier alpha value is -3.19. The molecule has 0 aliphatic carbocycles. The molecule has 0 radical (unpaired) electrons. The van der Waals surface area contributed by atoms with E-state index in [2.05, 4.69) is 43.9 Å². The average molecular weight is 361 g/mol. The van der Waals surface area contributed by atoms with Crippen molar-refractivity contribution in [2.75, 3.05) is 19.7 Å². The number of nitrogens with zero attached hydrogens (tertiary/aromatic N) is 4. The Morgan fingerprint density at radius 2 is 2.15 bits per heavy atom. The van der Waals surface area contributed by atoms with Gasteiger partial charge in [-0.2, -0.15) is 0 Å². The van der Waals surface area contributed by atoms with Crippen molar-refractivity contribution in [3.8, 4) is 11.3 Å². The van der Waals surface area contributed by atoms with Crippen molar-refractivity contribution in [1.82, 2.24) is 24.4 Å². The molecule has 7 heteroatoms. The number of amides is 1. The lowest BCUT2D eigenvalue weighted by Crippen LogP contribution is -2.37. The number of benzene rings is 1. The standard InChI is InChI=1S/C20H19N5O2/c1-24-10-15(16-9-17-20(23-16)22-5-4-21-17)14-8-13(2-3-18(14)24)19-11-25(12-26)6-7-27-19/h2-5,8-10,12,19H,6-7,11H2,1H3,(H,22,23). The van der Waals surface area contributed by atoms with Crippen LogP contribution < -0.4 is 0 Å². The van der Waals surface area contributed by atoms with Crippen molar-refractivity contribution in [2.45, 2.75) is 6.10 Å². The molecule has 4 aromatic rings. The van der Waals surface area contributed by atoms with Crippen LogP contribution in [0.2, 0.25) is 0 Å². The number of carbonyl (C=O) groups excluding carboxylic acids is 1. The van der Waals surface area contributed by atoms with Gasteiger partial charge >= 0.3 is 0 Å². The first-order valence-corrected chi connectivity index (χ1v) is 8.93. The van der Waals surface area contributed by atoms with Crippen LogP contribution in [-0.2, 0) is 16.6 Å². The Balaban J connectivity index is 1.61. The van der Waals surface area contributed by atoms with Gasteiger partial charge in [0.25, 0.3) is 0 Å². The van der Waals surface area contributed by atoms with Crippen LogP contribution in [0, 0.1) is 0 Å². The van der Waals surface area contributed by atoms with Gasteiger partial charge in [0.05, 0.1) is 18.8 Å². The van der Waals surface area contributed by atoms with Crippen molar-refractivity contribution in [2.24, 2.45) is 7.05 Å². The number of hydrogen-bond donors (Lipinski definition) is 1. The Morgan fingerprint density at radius 1 is 1.26 bits per heavy atom. The third kappa shape index (κ3) is 2.67. The number of H-pyrrole nitrogens is 1. The molecule has 27 heavy (non-hydrogen) atoms. The summed E-state index contributed by atoms with van der Waals surface area (Å²) in [5, 5.41) is 1.13. The third-order valence-electron chi connectivity index (χ3n) is 5.18. The number of aromatic nitrogens is 4. The lowest BCUT2D eigenvalue weighted by atomic mass is 10.0. The molecule has 1 atom stereocenters. The minimum absolute atomic E-state index is 0.104. The van der Waals surface area contributed by atoms with E-state index >= 15 is 0 Å². The summed E-state index contributed by atoms with van der Waals surface area (Å²) in [5.74, 6) is 0. The van der Waals surface area contributed by atoms with Gasteiger partial charge in [0.2, 0.25) is 6.41 Å². The zero-order valence-corrected chi connectivity index (χ0v) is 14.9. The van der Waals surface area contributed by atoms with E-state index in [1.165, 1.54) is 0 Å². The van der Waals surface area contributed by atoms with E-state index < -0.39 is 0 Å². The van der Waals surface area contributed by atoms with Crippen LogP contribution in [-0.4, -0.2) is 50.5 Å². The number of nitrogens with one attached hydrogen (secondary N) is 1. The number of hydrogen-bond acceptors (Lipinski definition) is 4. The number of morpholine rings is 1. The maximum absolute atomic E-state index is 11.1. The second-order valence-corrected chi connectivity index (χ2v) is 6.86. The van der Waals surface area contributed by atoms with Crippen LogP contribution in [0.15, 0.2) is 42.9 Å². The van der Waals surface area contributed by atoms with Gasteiger partial charge in [0.1, 0.15) is 11.6 Å². The first-order valence-electron chi connectivity index (χ1n) is 8.93. The normalized spacial score (nSPS) is 17.7. The Labute approximate surface area is 155 Å². The summed E-state index contributed by atoms with van der Waals surface area (Å²) in [6.07, 6.45) is 6.28. The molecular weight excluding hydrogens is 342 g/mol. The fourth-order valence-electron chi connectivity index (χ4n) is 3.79. The Kier molecular flexibility index (Phi) is 3.68. The van der Waals surface area contributed by atoms with E-state index in [1.54, 1.807) is 17.3 Å². The highest BCUT2D eigenvalue weighted by Gasteiger charge is 2.22.